The zero-order chi connectivity index (χ0) is 16.4. The molecule has 0 bridgehead atoms. The molecule has 2 aliphatic rings. The fraction of sp³-hybridized carbons (Fsp3) is 0.500. The Morgan fingerprint density at radius 3 is 2.88 bits per heavy atom. The van der Waals surface area contributed by atoms with E-state index in [9.17, 15) is 4.39 Å². The lowest BCUT2D eigenvalue weighted by molar-refractivity contribution is 0.0973. The summed E-state index contributed by atoms with van der Waals surface area (Å²) in [6.07, 6.45) is 2.95. The van der Waals surface area contributed by atoms with Gasteiger partial charge in [-0.2, -0.15) is 0 Å². The first-order valence-corrected chi connectivity index (χ1v) is 8.65. The monoisotopic (exact) mass is 330 g/mol. The molecule has 1 N–H and O–H groups in total. The van der Waals surface area contributed by atoms with Gasteiger partial charge in [-0.15, -0.1) is 0 Å². The molecule has 0 saturated carbocycles. The van der Waals surface area contributed by atoms with Gasteiger partial charge in [-0.25, -0.2) is 9.37 Å². The summed E-state index contributed by atoms with van der Waals surface area (Å²) < 4.78 is 18.8. The predicted octanol–water partition coefficient (Wildman–Crippen LogP) is 1.96. The van der Waals surface area contributed by atoms with Gasteiger partial charge in [-0.05, 0) is 31.2 Å². The second kappa shape index (κ2) is 7.01. The van der Waals surface area contributed by atoms with Gasteiger partial charge in [-0.1, -0.05) is 6.07 Å². The number of nitrogens with one attached hydrogen (secondary N) is 1. The van der Waals surface area contributed by atoms with Crippen LogP contribution >= 0.6 is 0 Å². The van der Waals surface area contributed by atoms with Crippen LogP contribution in [0.2, 0.25) is 0 Å². The van der Waals surface area contributed by atoms with Gasteiger partial charge < -0.3 is 9.73 Å². The van der Waals surface area contributed by atoms with E-state index < -0.39 is 0 Å². The number of halogens is 1. The normalized spacial score (nSPS) is 23.0. The van der Waals surface area contributed by atoms with E-state index in [1.807, 2.05) is 6.07 Å². The summed E-state index contributed by atoms with van der Waals surface area (Å²) >= 11 is 0. The largest absolute Gasteiger partial charge is 0.444 e. The van der Waals surface area contributed by atoms with Crippen LogP contribution in [0.15, 0.2) is 34.9 Å². The molecule has 1 atom stereocenters. The highest BCUT2D eigenvalue weighted by atomic mass is 19.1. The molecule has 0 radical (unpaired) electrons. The number of nitrogens with zero attached hydrogens (tertiary/aromatic N) is 3. The second-order valence-electron chi connectivity index (χ2n) is 6.61. The topological polar surface area (TPSA) is 44.5 Å². The lowest BCUT2D eigenvalue weighted by Crippen LogP contribution is -2.50. The molecule has 1 aromatic carbocycles. The maximum atomic E-state index is 13.3. The number of rotatable bonds is 4. The minimum atomic E-state index is -0.273. The molecule has 4 rings (SSSR count). The van der Waals surface area contributed by atoms with Crippen LogP contribution in [0.4, 0.5) is 4.39 Å². The smallest absolute Gasteiger partial charge is 0.226 e. The van der Waals surface area contributed by atoms with Crippen LogP contribution < -0.4 is 5.32 Å². The molecule has 6 heteroatoms. The number of aromatic nitrogens is 1. The summed E-state index contributed by atoms with van der Waals surface area (Å²) in [6, 6.07) is 7.06. The fourth-order valence-electron chi connectivity index (χ4n) is 3.60. The number of piperazine rings is 1. The van der Waals surface area contributed by atoms with Crippen molar-refractivity contribution in [3.63, 3.8) is 0 Å². The van der Waals surface area contributed by atoms with Gasteiger partial charge >= 0.3 is 0 Å². The molecule has 1 aromatic heterocycles. The highest BCUT2D eigenvalue weighted by Gasteiger charge is 2.26. The molecule has 1 unspecified atom stereocenters. The van der Waals surface area contributed by atoms with E-state index in [1.165, 1.54) is 18.6 Å². The maximum absolute atomic E-state index is 13.3. The van der Waals surface area contributed by atoms with Gasteiger partial charge in [0.15, 0.2) is 0 Å². The molecule has 3 heterocycles. The van der Waals surface area contributed by atoms with Crippen molar-refractivity contribution in [2.24, 2.45) is 0 Å². The first-order chi connectivity index (χ1) is 11.8. The fourth-order valence-corrected chi connectivity index (χ4v) is 3.60. The SMILES string of the molecule is Fc1cccc(-c2nc(CN3CCN(C4CCNC4)CC3)co2)c1. The molecule has 2 aromatic rings. The second-order valence-corrected chi connectivity index (χ2v) is 6.61. The van der Waals surface area contributed by atoms with Gasteiger partial charge in [0.25, 0.3) is 0 Å². The highest BCUT2D eigenvalue weighted by Crippen LogP contribution is 2.20. The Bertz CT molecular complexity index is 675. The van der Waals surface area contributed by atoms with Crippen LogP contribution in [0.5, 0.6) is 0 Å². The Morgan fingerprint density at radius 1 is 1.25 bits per heavy atom. The zero-order valence-corrected chi connectivity index (χ0v) is 13.7. The number of hydrogen-bond acceptors (Lipinski definition) is 5. The molecule has 2 saturated heterocycles. The van der Waals surface area contributed by atoms with E-state index in [-0.39, 0.29) is 5.82 Å². The number of oxazole rings is 1. The van der Waals surface area contributed by atoms with E-state index in [0.29, 0.717) is 17.5 Å². The average molecular weight is 330 g/mol. The van der Waals surface area contributed by atoms with Crippen molar-refractivity contribution >= 4 is 0 Å². The van der Waals surface area contributed by atoms with E-state index in [2.05, 4.69) is 20.1 Å². The maximum Gasteiger partial charge on any atom is 0.226 e. The molecule has 0 spiro atoms. The summed E-state index contributed by atoms with van der Waals surface area (Å²) in [7, 11) is 0. The molecule has 128 valence electrons. The summed E-state index contributed by atoms with van der Waals surface area (Å²) in [5, 5.41) is 3.44. The minimum absolute atomic E-state index is 0.273. The van der Waals surface area contributed by atoms with Crippen LogP contribution in [0.3, 0.4) is 0 Å². The van der Waals surface area contributed by atoms with Gasteiger partial charge in [0.2, 0.25) is 5.89 Å². The van der Waals surface area contributed by atoms with Crippen LogP contribution in [0.1, 0.15) is 12.1 Å². The quantitative estimate of drug-likeness (QED) is 0.928. The standard InChI is InChI=1S/C18H23FN4O/c19-15-3-1-2-14(10-15)18-21-16(13-24-18)12-22-6-8-23(9-7-22)17-4-5-20-11-17/h1-3,10,13,17,20H,4-9,11-12H2. The lowest BCUT2D eigenvalue weighted by atomic mass is 10.2. The number of hydrogen-bond donors (Lipinski definition) is 1. The van der Waals surface area contributed by atoms with E-state index >= 15 is 0 Å². The molecule has 5 nitrogen and oxygen atoms in total. The molecular formula is C18H23FN4O. The predicted molar refractivity (Wildman–Crippen MR) is 90.0 cm³/mol. The minimum Gasteiger partial charge on any atom is -0.444 e. The summed E-state index contributed by atoms with van der Waals surface area (Å²) in [5.41, 5.74) is 1.59. The first kappa shape index (κ1) is 15.7. The molecule has 2 aliphatic heterocycles. The van der Waals surface area contributed by atoms with Crippen molar-refractivity contribution in [2.45, 2.75) is 19.0 Å². The third-order valence-corrected chi connectivity index (χ3v) is 4.97. The van der Waals surface area contributed by atoms with Gasteiger partial charge in [0.1, 0.15) is 12.1 Å². The Morgan fingerprint density at radius 2 is 2.12 bits per heavy atom. The third kappa shape index (κ3) is 3.50. The third-order valence-electron chi connectivity index (χ3n) is 4.97. The molecular weight excluding hydrogens is 307 g/mol. The molecule has 2 fully saturated rings. The summed E-state index contributed by atoms with van der Waals surface area (Å²) in [4.78, 5) is 9.52. The van der Waals surface area contributed by atoms with Crippen molar-refractivity contribution in [3.05, 3.63) is 42.0 Å². The Hall–Kier alpha value is -1.76. The lowest BCUT2D eigenvalue weighted by Gasteiger charge is -2.37. The van der Waals surface area contributed by atoms with E-state index in [4.69, 9.17) is 4.42 Å². The summed E-state index contributed by atoms with van der Waals surface area (Å²) in [6.45, 7) is 7.39. The average Bonchev–Trinajstić information content (AvgIpc) is 3.27. The van der Waals surface area contributed by atoms with Gasteiger partial charge in [0.05, 0.1) is 5.69 Å². The van der Waals surface area contributed by atoms with E-state index in [1.54, 1.807) is 12.3 Å². The molecule has 0 aliphatic carbocycles. The van der Waals surface area contributed by atoms with Gasteiger partial charge in [-0.3, -0.25) is 9.80 Å². The van der Waals surface area contributed by atoms with Crippen molar-refractivity contribution in [1.82, 2.24) is 20.1 Å². The first-order valence-electron chi connectivity index (χ1n) is 8.65. The zero-order valence-electron chi connectivity index (χ0n) is 13.7. The summed E-state index contributed by atoms with van der Waals surface area (Å²) in [5.74, 6) is 0.213. The van der Waals surface area contributed by atoms with Crippen molar-refractivity contribution in [2.75, 3.05) is 39.3 Å². The Balaban J connectivity index is 1.33. The number of benzene rings is 1. The van der Waals surface area contributed by atoms with Crippen LogP contribution in [-0.4, -0.2) is 60.1 Å². The highest BCUT2D eigenvalue weighted by molar-refractivity contribution is 5.52. The van der Waals surface area contributed by atoms with Crippen molar-refractivity contribution in [3.8, 4) is 11.5 Å². The van der Waals surface area contributed by atoms with Gasteiger partial charge in [0, 0.05) is 50.9 Å². The van der Waals surface area contributed by atoms with Crippen LogP contribution in [0, 0.1) is 5.82 Å². The molecule has 24 heavy (non-hydrogen) atoms. The van der Waals surface area contributed by atoms with E-state index in [0.717, 1.165) is 51.5 Å². The van der Waals surface area contributed by atoms with Crippen molar-refractivity contribution in [1.29, 1.82) is 0 Å². The van der Waals surface area contributed by atoms with Crippen LogP contribution in [0.25, 0.3) is 11.5 Å². The molecule has 0 amide bonds. The Kier molecular flexibility index (Phi) is 4.60. The van der Waals surface area contributed by atoms with Crippen LogP contribution in [-0.2, 0) is 6.54 Å². The Labute approximate surface area is 141 Å². The van der Waals surface area contributed by atoms with Crippen molar-refractivity contribution < 1.29 is 8.81 Å².